The minimum atomic E-state index is 0.168. The van der Waals surface area contributed by atoms with Gasteiger partial charge in [0.2, 0.25) is 0 Å². The number of aldehydes is 1. The van der Waals surface area contributed by atoms with Crippen LogP contribution in [0.2, 0.25) is 0 Å². The zero-order valence-corrected chi connectivity index (χ0v) is 8.05. The molecule has 2 aliphatic carbocycles. The Bertz CT molecular complexity index is 183. The van der Waals surface area contributed by atoms with Gasteiger partial charge in [-0.3, -0.25) is 0 Å². The van der Waals surface area contributed by atoms with Crippen LogP contribution >= 0.6 is 0 Å². The van der Waals surface area contributed by atoms with Crippen LogP contribution in [-0.2, 0) is 4.79 Å². The van der Waals surface area contributed by atoms with Crippen LogP contribution in [0.5, 0.6) is 0 Å². The second kappa shape index (κ2) is 2.58. The Kier molecular flexibility index (Phi) is 1.78. The topological polar surface area (TPSA) is 17.1 Å². The normalized spacial score (nSPS) is 50.3. The average molecular weight is 166 g/mol. The van der Waals surface area contributed by atoms with Gasteiger partial charge in [-0.2, -0.15) is 0 Å². The highest BCUT2D eigenvalue weighted by Gasteiger charge is 2.63. The van der Waals surface area contributed by atoms with Gasteiger partial charge in [-0.25, -0.2) is 0 Å². The molecular weight excluding hydrogens is 148 g/mol. The van der Waals surface area contributed by atoms with Gasteiger partial charge in [0.25, 0.3) is 0 Å². The van der Waals surface area contributed by atoms with Crippen LogP contribution < -0.4 is 0 Å². The molecular formula is C11H18O. The molecule has 0 saturated heterocycles. The lowest BCUT2D eigenvalue weighted by molar-refractivity contribution is -0.183. The molecule has 0 spiro atoms. The van der Waals surface area contributed by atoms with E-state index < -0.39 is 0 Å². The number of rotatable bonds is 3. The van der Waals surface area contributed by atoms with Crippen LogP contribution in [-0.4, -0.2) is 6.29 Å². The second-order valence-electron chi connectivity index (χ2n) is 4.62. The van der Waals surface area contributed by atoms with Crippen LogP contribution in [0.25, 0.3) is 0 Å². The van der Waals surface area contributed by atoms with Gasteiger partial charge >= 0.3 is 0 Å². The summed E-state index contributed by atoms with van der Waals surface area (Å²) in [6.45, 7) is 4.51. The van der Waals surface area contributed by atoms with Crippen LogP contribution in [0.3, 0.4) is 0 Å². The molecule has 2 saturated carbocycles. The first kappa shape index (κ1) is 8.28. The number of carbonyl (C=O) groups is 1. The molecule has 0 amide bonds. The molecule has 0 aromatic heterocycles. The summed E-state index contributed by atoms with van der Waals surface area (Å²) in [5.74, 6) is 2.51. The van der Waals surface area contributed by atoms with Crippen LogP contribution in [0, 0.1) is 23.2 Å². The Morgan fingerprint density at radius 2 is 1.75 bits per heavy atom. The third-order valence-corrected chi connectivity index (χ3v) is 4.25. The molecule has 2 rings (SSSR count). The summed E-state index contributed by atoms with van der Waals surface area (Å²) >= 11 is 0. The highest BCUT2D eigenvalue weighted by molar-refractivity contribution is 5.64. The minimum Gasteiger partial charge on any atom is -0.303 e. The lowest BCUT2D eigenvalue weighted by atomic mass is 9.38. The summed E-state index contributed by atoms with van der Waals surface area (Å²) in [6, 6.07) is 0. The van der Waals surface area contributed by atoms with Gasteiger partial charge in [0.05, 0.1) is 0 Å². The van der Waals surface area contributed by atoms with Crippen LogP contribution in [0.4, 0.5) is 0 Å². The van der Waals surface area contributed by atoms with Crippen molar-refractivity contribution < 1.29 is 4.79 Å². The van der Waals surface area contributed by atoms with Gasteiger partial charge in [-0.05, 0) is 30.6 Å². The fraction of sp³-hybridized carbons (Fsp3) is 0.909. The van der Waals surface area contributed by atoms with Crippen LogP contribution in [0.1, 0.15) is 39.5 Å². The molecule has 0 heterocycles. The summed E-state index contributed by atoms with van der Waals surface area (Å²) in [4.78, 5) is 10.9. The molecule has 2 aliphatic rings. The predicted octanol–water partition coefficient (Wildman–Crippen LogP) is 2.65. The van der Waals surface area contributed by atoms with Crippen molar-refractivity contribution in [2.24, 2.45) is 23.2 Å². The van der Waals surface area contributed by atoms with E-state index in [1.54, 1.807) is 0 Å². The van der Waals surface area contributed by atoms with Crippen LogP contribution in [0.15, 0.2) is 0 Å². The van der Waals surface area contributed by atoms with Crippen molar-refractivity contribution in [1.29, 1.82) is 0 Å². The molecule has 0 aliphatic heterocycles. The van der Waals surface area contributed by atoms with Crippen molar-refractivity contribution in [2.45, 2.75) is 39.5 Å². The Balaban J connectivity index is 2.04. The lowest BCUT2D eigenvalue weighted by Crippen LogP contribution is -2.61. The Labute approximate surface area is 74.5 Å². The molecule has 68 valence electrons. The van der Waals surface area contributed by atoms with E-state index in [0.717, 1.165) is 17.8 Å². The molecule has 0 aromatic rings. The molecule has 2 atom stereocenters. The Morgan fingerprint density at radius 1 is 1.25 bits per heavy atom. The molecule has 0 radical (unpaired) electrons. The molecule has 2 fully saturated rings. The fourth-order valence-corrected chi connectivity index (χ4v) is 3.56. The lowest BCUT2D eigenvalue weighted by Gasteiger charge is -2.65. The number of hydrogen-bond acceptors (Lipinski definition) is 1. The van der Waals surface area contributed by atoms with Crippen molar-refractivity contribution in [3.05, 3.63) is 0 Å². The summed E-state index contributed by atoms with van der Waals surface area (Å²) in [7, 11) is 0. The van der Waals surface area contributed by atoms with Crippen molar-refractivity contribution >= 4 is 6.29 Å². The van der Waals surface area contributed by atoms with E-state index in [1.165, 1.54) is 32.0 Å². The number of hydrogen-bond donors (Lipinski definition) is 0. The van der Waals surface area contributed by atoms with Gasteiger partial charge in [0, 0.05) is 5.41 Å². The maximum atomic E-state index is 10.9. The monoisotopic (exact) mass is 166 g/mol. The zero-order chi connectivity index (χ0) is 8.77. The number of fused-ring (bicyclic) bond motifs is 1. The van der Waals surface area contributed by atoms with Crippen molar-refractivity contribution in [1.82, 2.24) is 0 Å². The van der Waals surface area contributed by atoms with E-state index in [0.29, 0.717) is 0 Å². The molecule has 1 heteroatoms. The van der Waals surface area contributed by atoms with Gasteiger partial charge in [-0.15, -0.1) is 0 Å². The van der Waals surface area contributed by atoms with E-state index >= 15 is 0 Å². The van der Waals surface area contributed by atoms with Gasteiger partial charge in [0.15, 0.2) is 0 Å². The maximum absolute atomic E-state index is 10.9. The largest absolute Gasteiger partial charge is 0.303 e. The summed E-state index contributed by atoms with van der Waals surface area (Å²) in [5.41, 5.74) is 0.168. The van der Waals surface area contributed by atoms with E-state index in [1.807, 2.05) is 0 Å². The standard InChI is InChI=1S/C11H18O/c1-3-8-5-11(7-12)6-9(4-2)10(8)11/h7-10H,3-6H2,1-2H3. The van der Waals surface area contributed by atoms with Gasteiger partial charge in [0.1, 0.15) is 6.29 Å². The Hall–Kier alpha value is -0.330. The first-order valence-corrected chi connectivity index (χ1v) is 5.23. The van der Waals surface area contributed by atoms with Gasteiger partial charge < -0.3 is 4.79 Å². The summed E-state index contributed by atoms with van der Waals surface area (Å²) in [5, 5.41) is 0. The van der Waals surface area contributed by atoms with E-state index in [9.17, 15) is 4.79 Å². The second-order valence-corrected chi connectivity index (χ2v) is 4.62. The Morgan fingerprint density at radius 3 is 2.08 bits per heavy atom. The van der Waals surface area contributed by atoms with E-state index in [2.05, 4.69) is 13.8 Å². The van der Waals surface area contributed by atoms with Crippen molar-refractivity contribution in [3.63, 3.8) is 0 Å². The average Bonchev–Trinajstić information content (AvgIpc) is 2.08. The first-order valence-electron chi connectivity index (χ1n) is 5.23. The first-order chi connectivity index (χ1) is 5.77. The highest BCUT2D eigenvalue weighted by Crippen LogP contribution is 2.67. The maximum Gasteiger partial charge on any atom is 0.126 e. The predicted molar refractivity (Wildman–Crippen MR) is 48.8 cm³/mol. The fourth-order valence-electron chi connectivity index (χ4n) is 3.56. The third-order valence-electron chi connectivity index (χ3n) is 4.25. The molecule has 12 heavy (non-hydrogen) atoms. The van der Waals surface area contributed by atoms with Crippen molar-refractivity contribution in [3.8, 4) is 0 Å². The minimum absolute atomic E-state index is 0.168. The van der Waals surface area contributed by atoms with Crippen molar-refractivity contribution in [2.75, 3.05) is 0 Å². The third kappa shape index (κ3) is 0.773. The zero-order valence-electron chi connectivity index (χ0n) is 8.05. The van der Waals surface area contributed by atoms with Gasteiger partial charge in [-0.1, -0.05) is 26.7 Å². The molecule has 0 aromatic carbocycles. The van der Waals surface area contributed by atoms with E-state index in [4.69, 9.17) is 0 Å². The molecule has 2 unspecified atom stereocenters. The summed E-state index contributed by atoms with van der Waals surface area (Å²) < 4.78 is 0. The smallest absolute Gasteiger partial charge is 0.126 e. The quantitative estimate of drug-likeness (QED) is 0.589. The summed E-state index contributed by atoms with van der Waals surface area (Å²) in [6.07, 6.45) is 6.17. The molecule has 0 N–H and O–H groups in total. The molecule has 1 nitrogen and oxygen atoms in total. The SMILES string of the molecule is CCC1CC2(C=O)CC(CC)C12. The highest BCUT2D eigenvalue weighted by atomic mass is 16.1. The van der Waals surface area contributed by atoms with E-state index in [-0.39, 0.29) is 5.41 Å². The number of carbonyl (C=O) groups excluding carboxylic acids is 1. The molecule has 0 bridgehead atoms.